The molecule has 1 N–H and O–H groups in total. The van der Waals surface area contributed by atoms with Gasteiger partial charge in [0.1, 0.15) is 0 Å². The van der Waals surface area contributed by atoms with Crippen molar-refractivity contribution in [2.24, 2.45) is 0 Å². The molecule has 1 aromatic heterocycles. The van der Waals surface area contributed by atoms with E-state index in [1.54, 1.807) is 13.1 Å². The fourth-order valence-corrected chi connectivity index (χ4v) is 3.61. The second kappa shape index (κ2) is 8.57. The Labute approximate surface area is 160 Å². The number of nitrogens with zero attached hydrogens (tertiary/aromatic N) is 3. The summed E-state index contributed by atoms with van der Waals surface area (Å²) in [5, 5.41) is 7.12. The molecule has 1 spiro atoms. The molecule has 0 aliphatic carbocycles. The predicted molar refractivity (Wildman–Crippen MR) is 91.9 cm³/mol. The number of carbonyl (C=O) groups is 3. The van der Waals surface area contributed by atoms with Gasteiger partial charge in [0.05, 0.1) is 5.54 Å². The summed E-state index contributed by atoms with van der Waals surface area (Å²) in [5.41, 5.74) is 0.878. The van der Waals surface area contributed by atoms with E-state index in [1.165, 1.54) is 0 Å². The van der Waals surface area contributed by atoms with Crippen LogP contribution in [0.25, 0.3) is 0 Å². The molecule has 2 aliphatic rings. The van der Waals surface area contributed by atoms with Crippen LogP contribution in [0.3, 0.4) is 0 Å². The first-order chi connectivity index (χ1) is 13.0. The minimum absolute atomic E-state index is 0.106. The Kier molecular flexibility index (Phi) is 6.63. The fraction of sp³-hybridized carbons (Fsp3) is 0.556. The molecule has 3 rings (SSSR count). The highest BCUT2D eigenvalue weighted by molar-refractivity contribution is 5.80. The van der Waals surface area contributed by atoms with Gasteiger partial charge >= 0.3 is 12.1 Å². The molecule has 10 heteroatoms. The van der Waals surface area contributed by atoms with E-state index < -0.39 is 12.1 Å². The number of alkyl halides is 3. The highest BCUT2D eigenvalue weighted by Gasteiger charge is 2.47. The second-order valence-corrected chi connectivity index (χ2v) is 6.91. The first-order valence-electron chi connectivity index (χ1n) is 8.80. The number of carboxylic acid groups (broad SMARTS) is 1. The molecule has 1 atom stereocenters. The maximum absolute atomic E-state index is 12.3. The molecule has 2 fully saturated rings. The van der Waals surface area contributed by atoms with Gasteiger partial charge in [-0.15, -0.1) is 0 Å². The number of hydrogen-bond donors (Lipinski definition) is 1. The first kappa shape index (κ1) is 21.6. The summed E-state index contributed by atoms with van der Waals surface area (Å²) < 4.78 is 31.7. The van der Waals surface area contributed by atoms with Crippen molar-refractivity contribution in [3.05, 3.63) is 30.1 Å². The number of carboxylic acids is 1. The Hall–Kier alpha value is -2.65. The van der Waals surface area contributed by atoms with E-state index in [0.29, 0.717) is 19.5 Å². The summed E-state index contributed by atoms with van der Waals surface area (Å²) in [4.78, 5) is 40.9. The van der Waals surface area contributed by atoms with Crippen LogP contribution in [-0.2, 0) is 20.9 Å². The van der Waals surface area contributed by atoms with Crippen LogP contribution in [0.15, 0.2) is 24.5 Å². The Morgan fingerprint density at radius 1 is 1.32 bits per heavy atom. The molecule has 3 heterocycles. The van der Waals surface area contributed by atoms with Crippen molar-refractivity contribution in [1.29, 1.82) is 0 Å². The number of aromatic nitrogens is 1. The van der Waals surface area contributed by atoms with E-state index in [0.717, 1.165) is 31.4 Å². The number of halogens is 3. The predicted octanol–water partition coefficient (Wildman–Crippen LogP) is 2.22. The lowest BCUT2D eigenvalue weighted by Gasteiger charge is -2.45. The molecule has 7 nitrogen and oxygen atoms in total. The monoisotopic (exact) mass is 401 g/mol. The van der Waals surface area contributed by atoms with Gasteiger partial charge in [-0.2, -0.15) is 13.2 Å². The number of carbonyl (C=O) groups excluding carboxylic acids is 2. The molecule has 0 aromatic carbocycles. The van der Waals surface area contributed by atoms with Crippen molar-refractivity contribution in [2.75, 3.05) is 13.1 Å². The van der Waals surface area contributed by atoms with Crippen molar-refractivity contribution < 1.29 is 32.7 Å². The average Bonchev–Trinajstić information content (AvgIpc) is 2.92. The molecular formula is C18H22F3N3O4. The molecule has 0 bridgehead atoms. The Morgan fingerprint density at radius 2 is 2.00 bits per heavy atom. The first-order valence-corrected chi connectivity index (χ1v) is 8.80. The summed E-state index contributed by atoms with van der Waals surface area (Å²) in [6.07, 6.45) is 1.87. The maximum atomic E-state index is 12.3. The van der Waals surface area contributed by atoms with E-state index in [-0.39, 0.29) is 17.4 Å². The molecule has 0 radical (unpaired) electrons. The number of pyridine rings is 1. The Bertz CT molecular complexity index is 727. The van der Waals surface area contributed by atoms with Crippen LogP contribution >= 0.6 is 0 Å². The van der Waals surface area contributed by atoms with Crippen LogP contribution in [0.5, 0.6) is 0 Å². The van der Waals surface area contributed by atoms with Crippen LogP contribution < -0.4 is 0 Å². The number of hydrogen-bond acceptors (Lipinski definition) is 4. The van der Waals surface area contributed by atoms with Gasteiger partial charge in [0, 0.05) is 45.4 Å². The molecule has 28 heavy (non-hydrogen) atoms. The van der Waals surface area contributed by atoms with Crippen LogP contribution in [0, 0.1) is 0 Å². The normalized spacial score (nSPS) is 22.1. The van der Waals surface area contributed by atoms with Gasteiger partial charge in [-0.25, -0.2) is 4.79 Å². The number of rotatable bonds is 2. The quantitative estimate of drug-likeness (QED) is 0.821. The summed E-state index contributed by atoms with van der Waals surface area (Å²) in [6, 6.07) is 3.89. The molecule has 0 saturated carbocycles. The summed E-state index contributed by atoms with van der Waals surface area (Å²) in [7, 11) is 0. The molecular weight excluding hydrogens is 379 g/mol. The second-order valence-electron chi connectivity index (χ2n) is 6.91. The molecule has 1 aromatic rings. The largest absolute Gasteiger partial charge is 0.490 e. The highest BCUT2D eigenvalue weighted by Crippen LogP contribution is 2.38. The van der Waals surface area contributed by atoms with E-state index in [4.69, 9.17) is 9.90 Å². The average molecular weight is 401 g/mol. The molecule has 2 aliphatic heterocycles. The fourth-order valence-electron chi connectivity index (χ4n) is 3.61. The topological polar surface area (TPSA) is 90.8 Å². The lowest BCUT2D eigenvalue weighted by molar-refractivity contribution is -0.192. The molecule has 2 amide bonds. The lowest BCUT2D eigenvalue weighted by atomic mass is 9.86. The van der Waals surface area contributed by atoms with E-state index in [2.05, 4.69) is 4.98 Å². The third-order valence-corrected chi connectivity index (χ3v) is 4.98. The van der Waals surface area contributed by atoms with Crippen molar-refractivity contribution in [1.82, 2.24) is 14.8 Å². The Balaban J connectivity index is 0.000000345. The standard InChI is InChI=1S/C16H21N3O2.C2HF3O2/c1-13(20)18-9-3-6-16(12-18)7-5-15(21)19(16)11-14-4-2-8-17-10-14;3-2(4,5)1(6)7/h2,4,8,10H,3,5-7,9,11-12H2,1H3;(H,6,7). The summed E-state index contributed by atoms with van der Waals surface area (Å²) in [6.45, 7) is 3.69. The zero-order valence-electron chi connectivity index (χ0n) is 15.4. The zero-order valence-corrected chi connectivity index (χ0v) is 15.4. The third kappa shape index (κ3) is 5.20. The minimum Gasteiger partial charge on any atom is -0.475 e. The summed E-state index contributed by atoms with van der Waals surface area (Å²) >= 11 is 0. The number of aliphatic carboxylic acids is 1. The molecule has 1 unspecified atom stereocenters. The van der Waals surface area contributed by atoms with Gasteiger partial charge in [0.25, 0.3) is 0 Å². The van der Waals surface area contributed by atoms with Gasteiger partial charge in [-0.1, -0.05) is 6.07 Å². The highest BCUT2D eigenvalue weighted by atomic mass is 19.4. The lowest BCUT2D eigenvalue weighted by Crippen LogP contribution is -2.57. The van der Waals surface area contributed by atoms with Crippen molar-refractivity contribution in [3.8, 4) is 0 Å². The summed E-state index contributed by atoms with van der Waals surface area (Å²) in [5.74, 6) is -2.45. The number of amides is 2. The van der Waals surface area contributed by atoms with E-state index in [9.17, 15) is 22.8 Å². The van der Waals surface area contributed by atoms with Crippen LogP contribution in [0.2, 0.25) is 0 Å². The molecule has 2 saturated heterocycles. The van der Waals surface area contributed by atoms with Gasteiger partial charge in [-0.05, 0) is 30.9 Å². The van der Waals surface area contributed by atoms with Crippen molar-refractivity contribution in [3.63, 3.8) is 0 Å². The van der Waals surface area contributed by atoms with E-state index >= 15 is 0 Å². The minimum atomic E-state index is -5.08. The Morgan fingerprint density at radius 3 is 2.54 bits per heavy atom. The van der Waals surface area contributed by atoms with Crippen LogP contribution in [0.1, 0.15) is 38.2 Å². The van der Waals surface area contributed by atoms with Gasteiger partial charge in [0.2, 0.25) is 11.8 Å². The van der Waals surface area contributed by atoms with Crippen molar-refractivity contribution in [2.45, 2.75) is 50.9 Å². The third-order valence-electron chi connectivity index (χ3n) is 4.98. The van der Waals surface area contributed by atoms with Crippen LogP contribution in [-0.4, -0.2) is 62.5 Å². The van der Waals surface area contributed by atoms with Gasteiger partial charge in [0.15, 0.2) is 0 Å². The number of likely N-dealkylation sites (tertiary alicyclic amines) is 2. The smallest absolute Gasteiger partial charge is 0.475 e. The van der Waals surface area contributed by atoms with Crippen LogP contribution in [0.4, 0.5) is 13.2 Å². The maximum Gasteiger partial charge on any atom is 0.490 e. The number of piperidine rings is 1. The zero-order chi connectivity index (χ0) is 20.9. The molecule has 154 valence electrons. The van der Waals surface area contributed by atoms with Crippen molar-refractivity contribution >= 4 is 17.8 Å². The SMILES string of the molecule is CC(=O)N1CCCC2(CCC(=O)N2Cc2cccnc2)C1.O=C(O)C(F)(F)F. The van der Waals surface area contributed by atoms with Gasteiger partial charge in [-0.3, -0.25) is 14.6 Å². The van der Waals surface area contributed by atoms with E-state index in [1.807, 2.05) is 28.1 Å². The van der Waals surface area contributed by atoms with Gasteiger partial charge < -0.3 is 14.9 Å².